The number of aromatic nitrogens is 1. The average Bonchev–Trinajstić information content (AvgIpc) is 3.25. The molecule has 26 heavy (non-hydrogen) atoms. The Hall–Kier alpha value is -1.18. The molecular weight excluding hydrogens is 366 g/mol. The van der Waals surface area contributed by atoms with Crippen LogP contribution in [-0.4, -0.2) is 70.2 Å². The maximum atomic E-state index is 12.9. The minimum atomic E-state index is 0.212. The maximum Gasteiger partial charge on any atom is 0.257 e. The summed E-state index contributed by atoms with van der Waals surface area (Å²) in [5, 5.41) is 0.583. The van der Waals surface area contributed by atoms with Gasteiger partial charge < -0.3 is 14.2 Å². The maximum absolute atomic E-state index is 12.9. The topological polar surface area (TPSA) is 49.6 Å². The summed E-state index contributed by atoms with van der Waals surface area (Å²) in [6.07, 6.45) is 3.67. The smallest absolute Gasteiger partial charge is 0.257 e. The quantitative estimate of drug-likeness (QED) is 0.729. The van der Waals surface area contributed by atoms with Crippen LogP contribution in [0, 0.1) is 0 Å². The molecule has 2 fully saturated rings. The van der Waals surface area contributed by atoms with Crippen molar-refractivity contribution in [2.45, 2.75) is 30.5 Å². The Morgan fingerprint density at radius 3 is 2.92 bits per heavy atom. The van der Waals surface area contributed by atoms with Crippen molar-refractivity contribution in [1.82, 2.24) is 14.8 Å². The molecule has 0 N–H and O–H groups in total. The summed E-state index contributed by atoms with van der Waals surface area (Å²) in [6, 6.07) is 8.06. The van der Waals surface area contributed by atoms with Crippen LogP contribution in [0.15, 0.2) is 33.9 Å². The van der Waals surface area contributed by atoms with Gasteiger partial charge in [0.05, 0.1) is 11.8 Å². The van der Waals surface area contributed by atoms with Gasteiger partial charge in [0.2, 0.25) is 5.91 Å². The van der Waals surface area contributed by atoms with E-state index in [-0.39, 0.29) is 5.91 Å². The first-order valence-electron chi connectivity index (χ1n) is 9.37. The Morgan fingerprint density at radius 2 is 2.08 bits per heavy atom. The molecular formula is C19H25N3O2S2. The number of thioether (sulfide) groups is 2. The molecule has 2 aromatic rings. The summed E-state index contributed by atoms with van der Waals surface area (Å²) in [6.45, 7) is 4.26. The third-order valence-corrected chi connectivity index (χ3v) is 7.03. The van der Waals surface area contributed by atoms with E-state index in [0.29, 0.717) is 17.0 Å². The Kier molecular flexibility index (Phi) is 6.07. The summed E-state index contributed by atoms with van der Waals surface area (Å²) in [7, 11) is 0. The average molecular weight is 392 g/mol. The van der Waals surface area contributed by atoms with Gasteiger partial charge in [-0.2, -0.15) is 11.8 Å². The number of rotatable bonds is 5. The Balaban J connectivity index is 1.38. The molecule has 2 aliphatic rings. The normalized spacial score (nSPS) is 22.0. The van der Waals surface area contributed by atoms with E-state index in [0.717, 1.165) is 42.1 Å². The van der Waals surface area contributed by atoms with Crippen molar-refractivity contribution in [3.05, 3.63) is 24.3 Å². The lowest BCUT2D eigenvalue weighted by atomic mass is 10.2. The number of nitrogens with zero attached hydrogens (tertiary/aromatic N) is 3. The molecule has 0 bridgehead atoms. The summed E-state index contributed by atoms with van der Waals surface area (Å²) < 4.78 is 5.73. The van der Waals surface area contributed by atoms with E-state index in [4.69, 9.17) is 4.42 Å². The zero-order valence-electron chi connectivity index (χ0n) is 14.9. The Labute approximate surface area is 162 Å². The second-order valence-corrected chi connectivity index (χ2v) is 8.99. The fourth-order valence-electron chi connectivity index (χ4n) is 3.69. The molecule has 7 heteroatoms. The molecule has 1 amide bonds. The molecule has 4 rings (SSSR count). The van der Waals surface area contributed by atoms with E-state index in [9.17, 15) is 4.79 Å². The number of carbonyl (C=O) groups is 1. The van der Waals surface area contributed by atoms with Crippen LogP contribution in [0.2, 0.25) is 0 Å². The molecule has 0 spiro atoms. The monoisotopic (exact) mass is 391 g/mol. The predicted octanol–water partition coefficient (Wildman–Crippen LogP) is 3.35. The first-order chi connectivity index (χ1) is 12.8. The third-order valence-electron chi connectivity index (χ3n) is 5.02. The van der Waals surface area contributed by atoms with Gasteiger partial charge in [-0.05, 0) is 50.2 Å². The predicted molar refractivity (Wildman–Crippen MR) is 108 cm³/mol. The second kappa shape index (κ2) is 8.67. The first-order valence-corrected chi connectivity index (χ1v) is 11.5. The molecule has 1 aromatic heterocycles. The summed E-state index contributed by atoms with van der Waals surface area (Å²) in [5.41, 5.74) is 1.63. The van der Waals surface area contributed by atoms with Crippen LogP contribution < -0.4 is 0 Å². The molecule has 0 aliphatic carbocycles. The lowest BCUT2D eigenvalue weighted by molar-refractivity contribution is -0.130. The highest BCUT2D eigenvalue weighted by Gasteiger charge is 2.28. The number of fused-ring (bicyclic) bond motifs is 1. The number of benzene rings is 1. The van der Waals surface area contributed by atoms with Gasteiger partial charge in [-0.25, -0.2) is 4.98 Å². The van der Waals surface area contributed by atoms with Crippen molar-refractivity contribution >= 4 is 40.5 Å². The van der Waals surface area contributed by atoms with Crippen LogP contribution in [-0.2, 0) is 4.79 Å². The first kappa shape index (κ1) is 18.2. The van der Waals surface area contributed by atoms with Gasteiger partial charge in [-0.15, -0.1) is 0 Å². The third kappa shape index (κ3) is 4.38. The van der Waals surface area contributed by atoms with Crippen LogP contribution in [0.3, 0.4) is 0 Å². The molecule has 0 saturated carbocycles. The SMILES string of the molecule is O=C(CSc1nc2ccccc2o1)N1CCCSCC1CN1CCCC1. The fraction of sp³-hybridized carbons (Fsp3) is 0.579. The van der Waals surface area contributed by atoms with Crippen molar-refractivity contribution in [2.24, 2.45) is 0 Å². The van der Waals surface area contributed by atoms with Crippen molar-refractivity contribution in [1.29, 1.82) is 0 Å². The summed E-state index contributed by atoms with van der Waals surface area (Å²) in [4.78, 5) is 22.0. The van der Waals surface area contributed by atoms with Gasteiger partial charge in [0.15, 0.2) is 5.58 Å². The zero-order chi connectivity index (χ0) is 17.8. The van der Waals surface area contributed by atoms with Crippen LogP contribution in [0.25, 0.3) is 11.1 Å². The fourth-order valence-corrected chi connectivity index (χ4v) is 5.47. The van der Waals surface area contributed by atoms with Crippen LogP contribution in [0.5, 0.6) is 0 Å². The minimum Gasteiger partial charge on any atom is -0.431 e. The molecule has 2 aliphatic heterocycles. The van der Waals surface area contributed by atoms with Crippen LogP contribution in [0.1, 0.15) is 19.3 Å². The number of carbonyl (C=O) groups excluding carboxylic acids is 1. The van der Waals surface area contributed by atoms with E-state index < -0.39 is 0 Å². The lowest BCUT2D eigenvalue weighted by Gasteiger charge is -2.32. The number of hydrogen-bond donors (Lipinski definition) is 0. The van der Waals surface area contributed by atoms with Crippen molar-refractivity contribution in [3.8, 4) is 0 Å². The number of hydrogen-bond acceptors (Lipinski definition) is 6. The Morgan fingerprint density at radius 1 is 1.23 bits per heavy atom. The molecule has 0 radical (unpaired) electrons. The highest BCUT2D eigenvalue weighted by molar-refractivity contribution is 7.99. The molecule has 1 atom stereocenters. The van der Waals surface area contributed by atoms with E-state index >= 15 is 0 Å². The number of para-hydroxylation sites is 2. The van der Waals surface area contributed by atoms with Crippen molar-refractivity contribution in [2.75, 3.05) is 43.4 Å². The van der Waals surface area contributed by atoms with Gasteiger partial charge >= 0.3 is 0 Å². The van der Waals surface area contributed by atoms with E-state index in [1.807, 2.05) is 36.0 Å². The van der Waals surface area contributed by atoms with Gasteiger partial charge in [-0.1, -0.05) is 23.9 Å². The number of amides is 1. The van der Waals surface area contributed by atoms with E-state index in [1.165, 1.54) is 37.7 Å². The van der Waals surface area contributed by atoms with Gasteiger partial charge in [-0.3, -0.25) is 4.79 Å². The number of likely N-dealkylation sites (tertiary alicyclic amines) is 1. The van der Waals surface area contributed by atoms with Crippen LogP contribution in [0.4, 0.5) is 0 Å². The van der Waals surface area contributed by atoms with Gasteiger partial charge in [0.1, 0.15) is 5.52 Å². The van der Waals surface area contributed by atoms with Crippen molar-refractivity contribution in [3.63, 3.8) is 0 Å². The minimum absolute atomic E-state index is 0.212. The largest absolute Gasteiger partial charge is 0.431 e. The highest BCUT2D eigenvalue weighted by Crippen LogP contribution is 2.25. The summed E-state index contributed by atoms with van der Waals surface area (Å²) in [5.74, 6) is 2.81. The number of oxazole rings is 1. The molecule has 2 saturated heterocycles. The molecule has 1 unspecified atom stereocenters. The lowest BCUT2D eigenvalue weighted by Crippen LogP contribution is -2.48. The molecule has 1 aromatic carbocycles. The van der Waals surface area contributed by atoms with Crippen LogP contribution >= 0.6 is 23.5 Å². The second-order valence-electron chi connectivity index (χ2n) is 6.91. The molecule has 140 valence electrons. The molecule has 5 nitrogen and oxygen atoms in total. The molecule has 3 heterocycles. The Bertz CT molecular complexity index is 712. The van der Waals surface area contributed by atoms with Gasteiger partial charge in [0.25, 0.3) is 5.22 Å². The zero-order valence-corrected chi connectivity index (χ0v) is 16.6. The van der Waals surface area contributed by atoms with Crippen molar-refractivity contribution < 1.29 is 9.21 Å². The van der Waals surface area contributed by atoms with Gasteiger partial charge in [0, 0.05) is 18.8 Å². The standard InChI is InChI=1S/C19H25N3O2S2/c23-18(14-26-19-20-16-6-1-2-7-17(16)24-19)22-10-5-11-25-13-15(22)12-21-8-3-4-9-21/h1-2,6-7,15H,3-5,8-14H2. The summed E-state index contributed by atoms with van der Waals surface area (Å²) >= 11 is 3.40. The highest BCUT2D eigenvalue weighted by atomic mass is 32.2. The van der Waals surface area contributed by atoms with E-state index in [2.05, 4.69) is 14.8 Å². The van der Waals surface area contributed by atoms with E-state index in [1.54, 1.807) is 0 Å².